The van der Waals surface area contributed by atoms with Gasteiger partial charge in [-0.15, -0.1) is 5.10 Å². The summed E-state index contributed by atoms with van der Waals surface area (Å²) in [5.41, 5.74) is 3.37. The van der Waals surface area contributed by atoms with Gasteiger partial charge in [-0.3, -0.25) is 9.36 Å². The number of aromatic nitrogens is 5. The molecule has 0 radical (unpaired) electrons. The van der Waals surface area contributed by atoms with Gasteiger partial charge in [0.2, 0.25) is 0 Å². The Hall–Kier alpha value is -1.69. The van der Waals surface area contributed by atoms with Gasteiger partial charge in [-0.2, -0.15) is 5.10 Å². The van der Waals surface area contributed by atoms with Gasteiger partial charge in [-0.05, 0) is 32.4 Å². The van der Waals surface area contributed by atoms with Crippen LogP contribution >= 0.6 is 0 Å². The summed E-state index contributed by atoms with van der Waals surface area (Å²) < 4.78 is 3.89. The molecule has 2 aromatic rings. The molecule has 0 saturated carbocycles. The van der Waals surface area contributed by atoms with Crippen LogP contribution in [-0.4, -0.2) is 31.3 Å². The first-order chi connectivity index (χ1) is 9.71. The topological polar surface area (TPSA) is 60.6 Å². The molecule has 2 heterocycles. The number of hydrogen-bond acceptors (Lipinski definition) is 4. The average Bonchev–Trinajstić information content (AvgIpc) is 3.06. The molecular weight excluding hydrogens is 252 g/mol. The van der Waals surface area contributed by atoms with Crippen LogP contribution in [0.2, 0.25) is 0 Å². The van der Waals surface area contributed by atoms with Crippen molar-refractivity contribution in [3.63, 3.8) is 0 Å². The zero-order valence-corrected chi connectivity index (χ0v) is 12.8. The Labute approximate surface area is 120 Å². The second-order valence-corrected chi connectivity index (χ2v) is 4.90. The zero-order chi connectivity index (χ0) is 14.5. The Bertz CT molecular complexity index is 542. The Balaban J connectivity index is 2.40. The van der Waals surface area contributed by atoms with Gasteiger partial charge in [-0.25, -0.2) is 0 Å². The molecule has 0 saturated heterocycles. The number of nitrogens with zero attached hydrogens (tertiary/aromatic N) is 5. The second-order valence-electron chi connectivity index (χ2n) is 4.90. The van der Waals surface area contributed by atoms with Crippen molar-refractivity contribution >= 4 is 0 Å². The van der Waals surface area contributed by atoms with Gasteiger partial charge in [0.1, 0.15) is 0 Å². The third kappa shape index (κ3) is 2.90. The van der Waals surface area contributed by atoms with Crippen LogP contribution in [0.15, 0.2) is 12.3 Å². The van der Waals surface area contributed by atoms with Crippen LogP contribution < -0.4 is 5.32 Å². The van der Waals surface area contributed by atoms with E-state index in [2.05, 4.69) is 52.2 Å². The molecule has 6 heteroatoms. The van der Waals surface area contributed by atoms with E-state index < -0.39 is 0 Å². The molecule has 0 bridgehead atoms. The number of hydrogen-bond donors (Lipinski definition) is 1. The summed E-state index contributed by atoms with van der Waals surface area (Å²) in [7, 11) is 1.93. The van der Waals surface area contributed by atoms with Crippen molar-refractivity contribution in [1.82, 2.24) is 30.1 Å². The van der Waals surface area contributed by atoms with E-state index in [4.69, 9.17) is 0 Å². The van der Waals surface area contributed by atoms with E-state index >= 15 is 0 Å². The van der Waals surface area contributed by atoms with E-state index in [9.17, 15) is 0 Å². The van der Waals surface area contributed by atoms with Gasteiger partial charge in [0.05, 0.1) is 29.3 Å². The quantitative estimate of drug-likeness (QED) is 0.836. The molecule has 1 unspecified atom stereocenters. The Kier molecular flexibility index (Phi) is 4.89. The largest absolute Gasteiger partial charge is 0.304 e. The lowest BCUT2D eigenvalue weighted by molar-refractivity contribution is 0.501. The molecule has 0 aliphatic carbocycles. The minimum atomic E-state index is 0.0858. The molecule has 0 aliphatic heterocycles. The highest BCUT2D eigenvalue weighted by molar-refractivity contribution is 5.23. The van der Waals surface area contributed by atoms with Gasteiger partial charge in [0.15, 0.2) is 0 Å². The first kappa shape index (κ1) is 14.7. The molecule has 20 heavy (non-hydrogen) atoms. The van der Waals surface area contributed by atoms with Crippen LogP contribution in [0.1, 0.15) is 50.3 Å². The molecule has 2 aromatic heterocycles. The lowest BCUT2D eigenvalue weighted by Gasteiger charge is -2.19. The van der Waals surface area contributed by atoms with Gasteiger partial charge in [-0.1, -0.05) is 19.1 Å². The normalized spacial score (nSPS) is 12.8. The molecule has 1 atom stereocenters. The van der Waals surface area contributed by atoms with Crippen LogP contribution in [0.5, 0.6) is 0 Å². The van der Waals surface area contributed by atoms with E-state index in [1.165, 1.54) is 5.69 Å². The van der Waals surface area contributed by atoms with Crippen LogP contribution in [-0.2, 0) is 20.0 Å². The average molecular weight is 276 g/mol. The number of rotatable bonds is 7. The number of nitrogens with one attached hydrogen (secondary N) is 1. The van der Waals surface area contributed by atoms with Crippen LogP contribution in [0.3, 0.4) is 0 Å². The maximum atomic E-state index is 4.64. The van der Waals surface area contributed by atoms with Crippen LogP contribution in [0, 0.1) is 0 Å². The summed E-state index contributed by atoms with van der Waals surface area (Å²) >= 11 is 0. The van der Waals surface area contributed by atoms with Gasteiger partial charge in [0.25, 0.3) is 0 Å². The minimum Gasteiger partial charge on any atom is -0.304 e. The highest BCUT2D eigenvalue weighted by Gasteiger charge is 2.22. The third-order valence-electron chi connectivity index (χ3n) is 3.46. The maximum absolute atomic E-state index is 4.64. The fourth-order valence-corrected chi connectivity index (χ4v) is 2.35. The first-order valence-electron chi connectivity index (χ1n) is 7.35. The van der Waals surface area contributed by atoms with Gasteiger partial charge >= 0.3 is 0 Å². The van der Waals surface area contributed by atoms with Crippen molar-refractivity contribution < 1.29 is 0 Å². The molecule has 6 nitrogen and oxygen atoms in total. The van der Waals surface area contributed by atoms with Crippen molar-refractivity contribution in [3.8, 4) is 0 Å². The second kappa shape index (κ2) is 6.65. The van der Waals surface area contributed by atoms with Crippen molar-refractivity contribution in [3.05, 3.63) is 29.3 Å². The molecule has 0 spiro atoms. The van der Waals surface area contributed by atoms with E-state index in [0.29, 0.717) is 0 Å². The van der Waals surface area contributed by atoms with Crippen molar-refractivity contribution in [2.75, 3.05) is 6.54 Å². The monoisotopic (exact) mass is 276 g/mol. The molecule has 110 valence electrons. The minimum absolute atomic E-state index is 0.0858. The zero-order valence-electron chi connectivity index (χ0n) is 12.8. The summed E-state index contributed by atoms with van der Waals surface area (Å²) in [6, 6.07) is 2.27. The smallest absolute Gasteiger partial charge is 0.0935 e. The summed E-state index contributed by atoms with van der Waals surface area (Å²) in [5, 5.41) is 16.3. The van der Waals surface area contributed by atoms with Crippen LogP contribution in [0.4, 0.5) is 0 Å². The summed E-state index contributed by atoms with van der Waals surface area (Å²) in [4.78, 5) is 0. The van der Waals surface area contributed by atoms with E-state index in [0.717, 1.165) is 37.3 Å². The molecule has 0 fully saturated rings. The Morgan fingerprint density at radius 1 is 1.25 bits per heavy atom. The fraction of sp³-hybridized carbons (Fsp3) is 0.643. The summed E-state index contributed by atoms with van der Waals surface area (Å²) in [6.45, 7) is 8.23. The standard InChI is InChI=1S/C14H24N6/c1-5-8-15-14(13-10-16-18-19(13)4)12-9-11(6-2)17-20(12)7-3/h9-10,14-15H,5-8H2,1-4H3. The lowest BCUT2D eigenvalue weighted by atomic mass is 10.1. The molecule has 1 N–H and O–H groups in total. The SMILES string of the molecule is CCCNC(c1cnnn1C)c1cc(CC)nn1CC. The van der Waals surface area contributed by atoms with Crippen molar-refractivity contribution in [1.29, 1.82) is 0 Å². The summed E-state index contributed by atoms with van der Waals surface area (Å²) in [6.07, 6.45) is 3.86. The number of aryl methyl sites for hydroxylation is 3. The van der Waals surface area contributed by atoms with E-state index in [1.807, 2.05) is 17.9 Å². The van der Waals surface area contributed by atoms with Gasteiger partial charge < -0.3 is 5.32 Å². The highest BCUT2D eigenvalue weighted by atomic mass is 15.4. The van der Waals surface area contributed by atoms with Gasteiger partial charge in [0, 0.05) is 13.6 Å². The first-order valence-corrected chi connectivity index (χ1v) is 7.35. The van der Waals surface area contributed by atoms with Crippen molar-refractivity contribution in [2.45, 2.75) is 46.2 Å². The molecule has 0 aliphatic rings. The predicted octanol–water partition coefficient (Wildman–Crippen LogP) is 1.68. The lowest BCUT2D eigenvalue weighted by Crippen LogP contribution is -2.27. The highest BCUT2D eigenvalue weighted by Crippen LogP contribution is 2.22. The van der Waals surface area contributed by atoms with Crippen molar-refractivity contribution in [2.24, 2.45) is 7.05 Å². The Morgan fingerprint density at radius 3 is 2.60 bits per heavy atom. The maximum Gasteiger partial charge on any atom is 0.0935 e. The molecule has 0 amide bonds. The Morgan fingerprint density at radius 2 is 2.05 bits per heavy atom. The van der Waals surface area contributed by atoms with Crippen LogP contribution in [0.25, 0.3) is 0 Å². The molecule has 2 rings (SSSR count). The van der Waals surface area contributed by atoms with E-state index in [1.54, 1.807) is 0 Å². The summed E-state index contributed by atoms with van der Waals surface area (Å²) in [5.74, 6) is 0. The molecular formula is C14H24N6. The third-order valence-corrected chi connectivity index (χ3v) is 3.46. The fourth-order valence-electron chi connectivity index (χ4n) is 2.35. The van der Waals surface area contributed by atoms with E-state index in [-0.39, 0.29) is 6.04 Å². The predicted molar refractivity (Wildman–Crippen MR) is 78.4 cm³/mol. The molecule has 0 aromatic carbocycles.